The molecule has 133 valence electrons. The maximum atomic E-state index is 5.89. The Labute approximate surface area is 158 Å². The first-order valence-corrected chi connectivity index (χ1v) is 8.85. The van der Waals surface area contributed by atoms with Gasteiger partial charge in [0.15, 0.2) is 0 Å². The van der Waals surface area contributed by atoms with Crippen LogP contribution in [-0.2, 0) is 0 Å². The number of nitrogens with zero attached hydrogens (tertiary/aromatic N) is 2. The van der Waals surface area contributed by atoms with E-state index in [2.05, 4.69) is 41.4 Å². The first-order chi connectivity index (χ1) is 13.3. The Kier molecular flexibility index (Phi) is 4.97. The molecule has 0 unspecified atom stereocenters. The molecule has 0 atom stereocenters. The molecule has 1 heterocycles. The van der Waals surface area contributed by atoms with Gasteiger partial charge in [-0.3, -0.25) is 0 Å². The van der Waals surface area contributed by atoms with Crippen LogP contribution in [0, 0.1) is 6.92 Å². The molecule has 0 aliphatic rings. The number of ether oxygens (including phenoxy) is 1. The van der Waals surface area contributed by atoms with E-state index in [9.17, 15) is 0 Å². The van der Waals surface area contributed by atoms with Crippen molar-refractivity contribution in [3.8, 4) is 39.8 Å². The molecule has 27 heavy (non-hydrogen) atoms. The maximum absolute atomic E-state index is 5.89. The van der Waals surface area contributed by atoms with E-state index in [4.69, 9.17) is 9.15 Å². The van der Waals surface area contributed by atoms with Gasteiger partial charge in [0.25, 0.3) is 0 Å². The van der Waals surface area contributed by atoms with Crippen LogP contribution in [0.25, 0.3) is 34.0 Å². The lowest BCUT2D eigenvalue weighted by Crippen LogP contribution is -1.94. The highest BCUT2D eigenvalue weighted by molar-refractivity contribution is 5.70. The Morgan fingerprint density at radius 2 is 1.37 bits per heavy atom. The smallest absolute Gasteiger partial charge is 0.248 e. The van der Waals surface area contributed by atoms with E-state index >= 15 is 0 Å². The summed E-state index contributed by atoms with van der Waals surface area (Å²) in [5.41, 5.74) is 4.01. The predicted molar refractivity (Wildman–Crippen MR) is 106 cm³/mol. The first kappa shape index (κ1) is 17.0. The van der Waals surface area contributed by atoms with E-state index in [1.165, 1.54) is 0 Å². The third-order valence-corrected chi connectivity index (χ3v) is 4.16. The fourth-order valence-corrected chi connectivity index (χ4v) is 2.80. The van der Waals surface area contributed by atoms with Crippen LogP contribution in [0.3, 0.4) is 0 Å². The summed E-state index contributed by atoms with van der Waals surface area (Å²) in [5, 5.41) is 8.40. The third kappa shape index (κ3) is 3.90. The zero-order chi connectivity index (χ0) is 18.5. The molecule has 4 rings (SSSR count). The topological polar surface area (TPSA) is 48.2 Å². The molecule has 0 spiro atoms. The van der Waals surface area contributed by atoms with E-state index in [1.807, 2.05) is 54.6 Å². The molecule has 0 N–H and O–H groups in total. The van der Waals surface area contributed by atoms with Crippen LogP contribution in [0.15, 0.2) is 83.3 Å². The summed E-state index contributed by atoms with van der Waals surface area (Å²) in [4.78, 5) is 0. The van der Waals surface area contributed by atoms with Gasteiger partial charge in [0.1, 0.15) is 5.75 Å². The van der Waals surface area contributed by atoms with Gasteiger partial charge >= 0.3 is 0 Å². The van der Waals surface area contributed by atoms with Gasteiger partial charge in [0.2, 0.25) is 11.8 Å². The zero-order valence-electron chi connectivity index (χ0n) is 14.8. The van der Waals surface area contributed by atoms with E-state index in [-0.39, 0.29) is 0 Å². The van der Waals surface area contributed by atoms with Gasteiger partial charge in [0, 0.05) is 11.1 Å². The number of aromatic nitrogens is 2. The Balaban J connectivity index is 1.58. The molecule has 4 heteroatoms. The Morgan fingerprint density at radius 3 is 2.11 bits per heavy atom. The third-order valence-electron chi connectivity index (χ3n) is 4.16. The lowest BCUT2D eigenvalue weighted by Gasteiger charge is -2.04. The van der Waals surface area contributed by atoms with Crippen LogP contribution >= 0.6 is 0 Å². The zero-order valence-corrected chi connectivity index (χ0v) is 14.8. The monoisotopic (exact) mass is 355 g/mol. The van der Waals surface area contributed by atoms with Crippen LogP contribution in [0.1, 0.15) is 6.42 Å². The normalized spacial score (nSPS) is 10.7. The van der Waals surface area contributed by atoms with Crippen molar-refractivity contribution in [3.63, 3.8) is 0 Å². The highest BCUT2D eigenvalue weighted by Gasteiger charge is 2.11. The Bertz CT molecular complexity index is 1010. The maximum Gasteiger partial charge on any atom is 0.248 e. The standard InChI is InChI=1S/C23H19N2O2/c1-2-15-26-21-13-11-18(12-14-21)22-24-25-23(27-22)20-10-6-9-19(16-20)17-7-4-3-5-8-17/h3-14,16H,1-2,15H2. The summed E-state index contributed by atoms with van der Waals surface area (Å²) in [5.74, 6) is 1.79. The summed E-state index contributed by atoms with van der Waals surface area (Å²) in [7, 11) is 0. The average Bonchev–Trinajstić information content (AvgIpc) is 3.24. The molecule has 0 amide bonds. The van der Waals surface area contributed by atoms with Crippen molar-refractivity contribution in [2.24, 2.45) is 0 Å². The molecule has 1 aromatic heterocycles. The molecular weight excluding hydrogens is 336 g/mol. The quantitative estimate of drug-likeness (QED) is 0.447. The van der Waals surface area contributed by atoms with E-state index in [0.717, 1.165) is 34.4 Å². The summed E-state index contributed by atoms with van der Waals surface area (Å²) >= 11 is 0. The lowest BCUT2D eigenvalue weighted by atomic mass is 10.0. The van der Waals surface area contributed by atoms with Crippen LogP contribution < -0.4 is 4.74 Å². The molecular formula is C23H19N2O2. The number of hydrogen-bond donors (Lipinski definition) is 0. The number of benzene rings is 3. The Hall–Kier alpha value is -3.40. The summed E-state index contributed by atoms with van der Waals surface area (Å²) < 4.78 is 11.4. The molecule has 1 radical (unpaired) electrons. The second-order valence-electron chi connectivity index (χ2n) is 6.09. The Morgan fingerprint density at radius 1 is 0.704 bits per heavy atom. The molecule has 0 aliphatic carbocycles. The van der Waals surface area contributed by atoms with Crippen LogP contribution in [-0.4, -0.2) is 16.8 Å². The SMILES string of the molecule is [CH2]CCOc1ccc(-c2nnc(-c3cccc(-c4ccccc4)c3)o2)cc1. The highest BCUT2D eigenvalue weighted by atomic mass is 16.5. The minimum atomic E-state index is 0.485. The van der Waals surface area contributed by atoms with E-state index < -0.39 is 0 Å². The van der Waals surface area contributed by atoms with Crippen molar-refractivity contribution in [2.75, 3.05) is 6.61 Å². The van der Waals surface area contributed by atoms with Crippen molar-refractivity contribution in [1.29, 1.82) is 0 Å². The minimum Gasteiger partial charge on any atom is -0.494 e. The largest absolute Gasteiger partial charge is 0.494 e. The fourth-order valence-electron chi connectivity index (χ4n) is 2.80. The van der Waals surface area contributed by atoms with Gasteiger partial charge < -0.3 is 9.15 Å². The van der Waals surface area contributed by atoms with Gasteiger partial charge in [-0.15, -0.1) is 10.2 Å². The van der Waals surface area contributed by atoms with Crippen molar-refractivity contribution in [3.05, 3.63) is 85.8 Å². The second-order valence-corrected chi connectivity index (χ2v) is 6.09. The molecule has 3 aromatic carbocycles. The van der Waals surface area contributed by atoms with Gasteiger partial charge in [-0.25, -0.2) is 0 Å². The number of rotatable bonds is 6. The fraction of sp³-hybridized carbons (Fsp3) is 0.0870. The highest BCUT2D eigenvalue weighted by Crippen LogP contribution is 2.28. The van der Waals surface area contributed by atoms with Gasteiger partial charge in [0.05, 0.1) is 6.61 Å². The molecule has 4 nitrogen and oxygen atoms in total. The first-order valence-electron chi connectivity index (χ1n) is 8.85. The lowest BCUT2D eigenvalue weighted by molar-refractivity contribution is 0.324. The number of hydrogen-bond acceptors (Lipinski definition) is 4. The molecule has 0 saturated carbocycles. The second kappa shape index (κ2) is 7.87. The molecule has 0 bridgehead atoms. The minimum absolute atomic E-state index is 0.485. The van der Waals surface area contributed by atoms with Crippen LogP contribution in [0.2, 0.25) is 0 Å². The van der Waals surface area contributed by atoms with E-state index in [0.29, 0.717) is 18.4 Å². The van der Waals surface area contributed by atoms with Gasteiger partial charge in [-0.1, -0.05) is 42.5 Å². The summed E-state index contributed by atoms with van der Waals surface area (Å²) in [6.07, 6.45) is 0.733. The van der Waals surface area contributed by atoms with Crippen LogP contribution in [0.5, 0.6) is 5.75 Å². The average molecular weight is 355 g/mol. The molecule has 4 aromatic rings. The van der Waals surface area contributed by atoms with Gasteiger partial charge in [-0.2, -0.15) is 0 Å². The molecule has 0 aliphatic heterocycles. The summed E-state index contributed by atoms with van der Waals surface area (Å²) in [6.45, 7) is 4.36. The molecule has 0 saturated heterocycles. The molecule has 0 fully saturated rings. The predicted octanol–water partition coefficient (Wildman–Crippen LogP) is 5.67. The van der Waals surface area contributed by atoms with E-state index in [1.54, 1.807) is 0 Å². The van der Waals surface area contributed by atoms with Crippen molar-refractivity contribution in [2.45, 2.75) is 6.42 Å². The van der Waals surface area contributed by atoms with Gasteiger partial charge in [-0.05, 0) is 60.9 Å². The van der Waals surface area contributed by atoms with Crippen molar-refractivity contribution < 1.29 is 9.15 Å². The summed E-state index contributed by atoms with van der Waals surface area (Å²) in [6, 6.07) is 25.9. The van der Waals surface area contributed by atoms with Crippen molar-refractivity contribution in [1.82, 2.24) is 10.2 Å². The van der Waals surface area contributed by atoms with Crippen molar-refractivity contribution >= 4 is 0 Å². The van der Waals surface area contributed by atoms with Crippen LogP contribution in [0.4, 0.5) is 0 Å².